The summed E-state index contributed by atoms with van der Waals surface area (Å²) in [6, 6.07) is 0. The number of hydrogen-bond acceptors (Lipinski definition) is 5. The van der Waals surface area contributed by atoms with E-state index in [-0.39, 0.29) is 18.5 Å². The second-order valence-electron chi connectivity index (χ2n) is 3.66. The van der Waals surface area contributed by atoms with E-state index in [4.69, 9.17) is 9.47 Å². The van der Waals surface area contributed by atoms with Crippen LogP contribution < -0.4 is 0 Å². The van der Waals surface area contributed by atoms with Gasteiger partial charge in [-0.3, -0.25) is 4.79 Å². The van der Waals surface area contributed by atoms with Crippen molar-refractivity contribution in [1.82, 2.24) is 4.98 Å². The van der Waals surface area contributed by atoms with Gasteiger partial charge in [0, 0.05) is 12.0 Å². The van der Waals surface area contributed by atoms with E-state index in [1.807, 2.05) is 5.38 Å². The first-order valence-corrected chi connectivity index (χ1v) is 6.39. The second kappa shape index (κ2) is 5.41. The number of carbonyl (C=O) groups excluding carboxylic acids is 1. The summed E-state index contributed by atoms with van der Waals surface area (Å²) in [5.41, 5.74) is 0.786. The summed E-state index contributed by atoms with van der Waals surface area (Å²) in [6.45, 7) is 3.04. The van der Waals surface area contributed by atoms with Crippen LogP contribution in [0, 0.1) is 0 Å². The van der Waals surface area contributed by atoms with Crippen LogP contribution in [-0.2, 0) is 20.7 Å². The zero-order valence-corrected chi connectivity index (χ0v) is 10.1. The van der Waals surface area contributed by atoms with E-state index in [1.54, 1.807) is 18.3 Å². The van der Waals surface area contributed by atoms with Gasteiger partial charge in [-0.25, -0.2) is 4.98 Å². The van der Waals surface area contributed by atoms with E-state index >= 15 is 0 Å². The summed E-state index contributed by atoms with van der Waals surface area (Å²) in [4.78, 5) is 15.7. The van der Waals surface area contributed by atoms with Gasteiger partial charge in [0.15, 0.2) is 0 Å². The maximum atomic E-state index is 11.3. The summed E-state index contributed by atoms with van der Waals surface area (Å²) >= 11 is 1.56. The molecule has 4 nitrogen and oxygen atoms in total. The minimum atomic E-state index is -0.216. The Morgan fingerprint density at radius 2 is 2.62 bits per heavy atom. The predicted octanol–water partition coefficient (Wildman–Crippen LogP) is 2.10. The predicted molar refractivity (Wildman–Crippen MR) is 60.4 cm³/mol. The first-order valence-electron chi connectivity index (χ1n) is 5.51. The molecule has 2 heterocycles. The summed E-state index contributed by atoms with van der Waals surface area (Å²) in [7, 11) is 0. The molecule has 1 atom stereocenters. The summed E-state index contributed by atoms with van der Waals surface area (Å²) in [5, 5.41) is 2.89. The summed E-state index contributed by atoms with van der Waals surface area (Å²) < 4.78 is 10.4. The highest BCUT2D eigenvalue weighted by atomic mass is 32.1. The fourth-order valence-electron chi connectivity index (χ4n) is 1.68. The van der Waals surface area contributed by atoms with Crippen molar-refractivity contribution in [2.75, 3.05) is 13.2 Å². The van der Waals surface area contributed by atoms with E-state index in [9.17, 15) is 4.79 Å². The van der Waals surface area contributed by atoms with E-state index in [1.165, 1.54) is 0 Å². The third-order valence-electron chi connectivity index (χ3n) is 2.41. The van der Waals surface area contributed by atoms with Gasteiger partial charge in [-0.05, 0) is 19.8 Å². The monoisotopic (exact) mass is 241 g/mol. The zero-order chi connectivity index (χ0) is 11.4. The molecule has 16 heavy (non-hydrogen) atoms. The van der Waals surface area contributed by atoms with E-state index in [2.05, 4.69) is 4.98 Å². The smallest absolute Gasteiger partial charge is 0.311 e. The second-order valence-corrected chi connectivity index (χ2v) is 4.55. The quantitative estimate of drug-likeness (QED) is 0.757. The molecule has 88 valence electrons. The lowest BCUT2D eigenvalue weighted by molar-refractivity contribution is -0.142. The molecular formula is C11H15NO3S. The minimum Gasteiger partial charge on any atom is -0.466 e. The Labute approximate surface area is 98.6 Å². The Bertz CT molecular complexity index is 358. The molecule has 2 rings (SSSR count). The van der Waals surface area contributed by atoms with Crippen molar-refractivity contribution in [3.8, 4) is 0 Å². The van der Waals surface area contributed by atoms with E-state index < -0.39 is 0 Å². The largest absolute Gasteiger partial charge is 0.466 e. The van der Waals surface area contributed by atoms with Crippen molar-refractivity contribution in [1.29, 1.82) is 0 Å². The molecule has 0 bridgehead atoms. The molecule has 0 aromatic carbocycles. The molecule has 0 N–H and O–H groups in total. The lowest BCUT2D eigenvalue weighted by Gasteiger charge is -2.03. The molecule has 5 heteroatoms. The number of ether oxygens (including phenoxy) is 2. The highest BCUT2D eigenvalue weighted by molar-refractivity contribution is 7.09. The Kier molecular flexibility index (Phi) is 3.90. The number of thiazole rings is 1. The Morgan fingerprint density at radius 1 is 1.75 bits per heavy atom. The van der Waals surface area contributed by atoms with E-state index in [0.717, 1.165) is 30.2 Å². The highest BCUT2D eigenvalue weighted by Gasteiger charge is 2.21. The van der Waals surface area contributed by atoms with Crippen molar-refractivity contribution in [3.63, 3.8) is 0 Å². The fraction of sp³-hybridized carbons (Fsp3) is 0.636. The molecular weight excluding hydrogens is 226 g/mol. The molecule has 1 unspecified atom stereocenters. The van der Waals surface area contributed by atoms with Crippen LogP contribution in [-0.4, -0.2) is 24.2 Å². The minimum absolute atomic E-state index is 0.140. The molecule has 1 aliphatic rings. The van der Waals surface area contributed by atoms with Crippen LogP contribution >= 0.6 is 11.3 Å². The Hall–Kier alpha value is -0.940. The molecule has 0 amide bonds. The number of rotatable bonds is 4. The summed E-state index contributed by atoms with van der Waals surface area (Å²) in [5.74, 6) is -0.216. The molecule has 0 aliphatic carbocycles. The number of esters is 1. The number of aromatic nitrogens is 1. The van der Waals surface area contributed by atoms with Gasteiger partial charge in [-0.2, -0.15) is 0 Å². The molecule has 1 aromatic rings. The maximum Gasteiger partial charge on any atom is 0.311 e. The SMILES string of the molecule is CCOC(=O)Cc1csc(C2CCCO2)n1. The average Bonchev–Trinajstić information content (AvgIpc) is 2.86. The van der Waals surface area contributed by atoms with Crippen molar-refractivity contribution < 1.29 is 14.3 Å². The lowest BCUT2D eigenvalue weighted by atomic mass is 10.2. The topological polar surface area (TPSA) is 48.4 Å². The Balaban J connectivity index is 1.93. The van der Waals surface area contributed by atoms with Crippen molar-refractivity contribution >= 4 is 17.3 Å². The number of nitrogens with zero attached hydrogens (tertiary/aromatic N) is 1. The van der Waals surface area contributed by atoms with Crippen LogP contribution in [0.15, 0.2) is 5.38 Å². The number of hydrogen-bond donors (Lipinski definition) is 0. The normalized spacial score (nSPS) is 19.9. The van der Waals surface area contributed by atoms with Crippen LogP contribution in [0.25, 0.3) is 0 Å². The molecule has 1 fully saturated rings. The summed E-state index contributed by atoms with van der Waals surface area (Å²) in [6.07, 6.45) is 2.53. The van der Waals surface area contributed by atoms with Crippen LogP contribution in [0.5, 0.6) is 0 Å². The lowest BCUT2D eigenvalue weighted by Crippen LogP contribution is -2.08. The fourth-order valence-corrected chi connectivity index (χ4v) is 2.58. The van der Waals surface area contributed by atoms with Crippen LogP contribution in [0.2, 0.25) is 0 Å². The van der Waals surface area contributed by atoms with Gasteiger partial charge in [0.25, 0.3) is 0 Å². The molecule has 1 aliphatic heterocycles. The van der Waals surface area contributed by atoms with Crippen LogP contribution in [0.4, 0.5) is 0 Å². The molecule has 0 spiro atoms. The van der Waals surface area contributed by atoms with Gasteiger partial charge in [0.05, 0.1) is 18.7 Å². The first-order chi connectivity index (χ1) is 7.79. The van der Waals surface area contributed by atoms with E-state index in [0.29, 0.717) is 6.61 Å². The van der Waals surface area contributed by atoms with Gasteiger partial charge in [0.2, 0.25) is 0 Å². The molecule has 1 aromatic heterocycles. The van der Waals surface area contributed by atoms with Crippen LogP contribution in [0.1, 0.15) is 36.6 Å². The van der Waals surface area contributed by atoms with Crippen molar-refractivity contribution in [3.05, 3.63) is 16.1 Å². The first kappa shape index (κ1) is 11.5. The molecule has 1 saturated heterocycles. The number of carbonyl (C=O) groups is 1. The maximum absolute atomic E-state index is 11.3. The standard InChI is InChI=1S/C11H15NO3S/c1-2-14-10(13)6-8-7-16-11(12-8)9-4-3-5-15-9/h7,9H,2-6H2,1H3. The van der Waals surface area contributed by atoms with Crippen molar-refractivity contribution in [2.24, 2.45) is 0 Å². The third-order valence-corrected chi connectivity index (χ3v) is 3.39. The Morgan fingerprint density at radius 3 is 3.31 bits per heavy atom. The van der Waals surface area contributed by atoms with Gasteiger partial charge in [-0.1, -0.05) is 0 Å². The van der Waals surface area contributed by atoms with Crippen LogP contribution in [0.3, 0.4) is 0 Å². The highest BCUT2D eigenvalue weighted by Crippen LogP contribution is 2.30. The van der Waals surface area contributed by atoms with Crippen molar-refractivity contribution in [2.45, 2.75) is 32.3 Å². The van der Waals surface area contributed by atoms with Gasteiger partial charge >= 0.3 is 5.97 Å². The van der Waals surface area contributed by atoms with Gasteiger partial charge < -0.3 is 9.47 Å². The molecule has 0 radical (unpaired) electrons. The van der Waals surface area contributed by atoms with Gasteiger partial charge in [-0.15, -0.1) is 11.3 Å². The van der Waals surface area contributed by atoms with Gasteiger partial charge in [0.1, 0.15) is 11.1 Å². The zero-order valence-electron chi connectivity index (χ0n) is 9.27. The third kappa shape index (κ3) is 2.80. The average molecular weight is 241 g/mol. The molecule has 0 saturated carbocycles.